The van der Waals surface area contributed by atoms with E-state index in [1.807, 2.05) is 12.1 Å². The van der Waals surface area contributed by atoms with E-state index in [1.54, 1.807) is 12.1 Å². The summed E-state index contributed by atoms with van der Waals surface area (Å²) < 4.78 is 10.8. The molecule has 1 unspecified atom stereocenters. The molecule has 0 saturated carbocycles. The van der Waals surface area contributed by atoms with Crippen LogP contribution in [0.3, 0.4) is 0 Å². The van der Waals surface area contributed by atoms with Gasteiger partial charge < -0.3 is 0 Å². The van der Waals surface area contributed by atoms with Gasteiger partial charge in [-0.25, -0.2) is 0 Å². The zero-order valence-electron chi connectivity index (χ0n) is 7.03. The molecular weight excluding hydrogens is 171 g/mol. The van der Waals surface area contributed by atoms with Crippen molar-refractivity contribution in [2.75, 3.05) is 0 Å². The van der Waals surface area contributed by atoms with Gasteiger partial charge in [0.05, 0.1) is 0 Å². The van der Waals surface area contributed by atoms with Crippen LogP contribution in [0.15, 0.2) is 24.3 Å². The largest absolute Gasteiger partial charge is 0.546 e. The monoisotopic (exact) mass is 183 g/mol. The van der Waals surface area contributed by atoms with Gasteiger partial charge in [0, 0.05) is 5.56 Å². The van der Waals surface area contributed by atoms with Gasteiger partial charge in [-0.3, -0.25) is 0 Å². The van der Waals surface area contributed by atoms with Crippen LogP contribution in [0.4, 0.5) is 0 Å². The van der Waals surface area contributed by atoms with Crippen molar-refractivity contribution in [3.8, 4) is 0 Å². The summed E-state index contributed by atoms with van der Waals surface area (Å²) in [5, 5.41) is 0.578. The molecule has 3 heteroatoms. The highest BCUT2D eigenvalue weighted by molar-refractivity contribution is 7.47. The number of aryl methyl sites for hydroxylation is 1. The highest BCUT2D eigenvalue weighted by Crippen LogP contribution is 2.16. The maximum atomic E-state index is 10.8. The average molecular weight is 183 g/mol. The molecular formula is C9H12O2P+. The van der Waals surface area contributed by atoms with E-state index < -0.39 is 8.03 Å². The molecule has 0 saturated heterocycles. The molecule has 0 heterocycles. The molecule has 1 atom stereocenters. The van der Waals surface area contributed by atoms with Crippen LogP contribution in [0, 0.1) is 0 Å². The molecule has 0 aromatic heterocycles. The van der Waals surface area contributed by atoms with Crippen molar-refractivity contribution in [3.63, 3.8) is 0 Å². The quantitative estimate of drug-likeness (QED) is 0.727. The summed E-state index contributed by atoms with van der Waals surface area (Å²) in [4.78, 5) is 8.94. The zero-order chi connectivity index (χ0) is 8.97. The number of rotatable bonds is 3. The Morgan fingerprint density at radius 2 is 2.08 bits per heavy atom. The van der Waals surface area contributed by atoms with Gasteiger partial charge in [0.25, 0.3) is 0 Å². The van der Waals surface area contributed by atoms with Crippen molar-refractivity contribution in [1.29, 1.82) is 0 Å². The van der Waals surface area contributed by atoms with Crippen LogP contribution in [0.25, 0.3) is 0 Å². The second kappa shape index (κ2) is 4.34. The first-order chi connectivity index (χ1) is 5.75. The maximum absolute atomic E-state index is 10.8. The fourth-order valence-electron chi connectivity index (χ4n) is 1.18. The van der Waals surface area contributed by atoms with Crippen LogP contribution in [0.5, 0.6) is 0 Å². The Kier molecular flexibility index (Phi) is 3.39. The summed E-state index contributed by atoms with van der Waals surface area (Å²) in [5.41, 5.74) is 0.989. The molecule has 1 N–H and O–H groups in total. The summed E-state index contributed by atoms with van der Waals surface area (Å²) in [6.07, 6.45) is 1.87. The summed E-state index contributed by atoms with van der Waals surface area (Å²) in [6, 6.07) is 7.30. The molecule has 0 spiro atoms. The predicted molar refractivity (Wildman–Crippen MR) is 49.9 cm³/mol. The summed E-state index contributed by atoms with van der Waals surface area (Å²) in [5.74, 6) is 0. The Bertz CT molecular complexity index is 284. The van der Waals surface area contributed by atoms with E-state index in [0.717, 1.165) is 18.4 Å². The van der Waals surface area contributed by atoms with Gasteiger partial charge in [-0.05, 0) is 17.1 Å². The minimum absolute atomic E-state index is 0.578. The second-order valence-corrected chi connectivity index (χ2v) is 3.68. The van der Waals surface area contributed by atoms with Crippen LogP contribution in [-0.2, 0) is 11.0 Å². The molecule has 1 aromatic carbocycles. The van der Waals surface area contributed by atoms with Crippen LogP contribution in [0.2, 0.25) is 0 Å². The summed E-state index contributed by atoms with van der Waals surface area (Å²) >= 11 is 0. The minimum Gasteiger partial charge on any atom is -0.156 e. The van der Waals surface area contributed by atoms with E-state index in [1.165, 1.54) is 0 Å². The molecule has 1 rings (SSSR count). The van der Waals surface area contributed by atoms with Crippen molar-refractivity contribution >= 4 is 13.3 Å². The maximum Gasteiger partial charge on any atom is 0.546 e. The lowest BCUT2D eigenvalue weighted by Crippen LogP contribution is -2.04. The molecule has 0 aliphatic heterocycles. The third-order valence-corrected chi connectivity index (χ3v) is 2.57. The second-order valence-electron chi connectivity index (χ2n) is 2.65. The van der Waals surface area contributed by atoms with Gasteiger partial charge in [-0.2, -0.15) is 4.89 Å². The summed E-state index contributed by atoms with van der Waals surface area (Å²) in [6.45, 7) is 2.06. The van der Waals surface area contributed by atoms with Gasteiger partial charge in [0.2, 0.25) is 5.30 Å². The normalized spacial score (nSPS) is 11.3. The first-order valence-electron chi connectivity index (χ1n) is 3.99. The molecule has 12 heavy (non-hydrogen) atoms. The lowest BCUT2D eigenvalue weighted by Gasteiger charge is -1.95. The Balaban J connectivity index is 3.00. The first-order valence-corrected chi connectivity index (χ1v) is 5.21. The SMILES string of the molecule is CCCc1ccccc1[P+](=O)O. The van der Waals surface area contributed by atoms with Crippen molar-refractivity contribution in [2.45, 2.75) is 19.8 Å². The Morgan fingerprint density at radius 3 is 2.67 bits per heavy atom. The van der Waals surface area contributed by atoms with Gasteiger partial charge in [0.15, 0.2) is 0 Å². The molecule has 0 fully saturated rings. The van der Waals surface area contributed by atoms with E-state index in [2.05, 4.69) is 6.92 Å². The first kappa shape index (κ1) is 9.37. The lowest BCUT2D eigenvalue weighted by molar-refractivity contribution is 0.513. The van der Waals surface area contributed by atoms with E-state index >= 15 is 0 Å². The van der Waals surface area contributed by atoms with Crippen LogP contribution in [0.1, 0.15) is 18.9 Å². The topological polar surface area (TPSA) is 37.3 Å². The van der Waals surface area contributed by atoms with Gasteiger partial charge >= 0.3 is 8.03 Å². The minimum atomic E-state index is -2.18. The molecule has 0 amide bonds. The van der Waals surface area contributed by atoms with Gasteiger partial charge in [-0.1, -0.05) is 31.5 Å². The van der Waals surface area contributed by atoms with Crippen LogP contribution >= 0.6 is 8.03 Å². The lowest BCUT2D eigenvalue weighted by atomic mass is 10.1. The smallest absolute Gasteiger partial charge is 0.156 e. The van der Waals surface area contributed by atoms with Crippen molar-refractivity contribution in [2.24, 2.45) is 0 Å². The van der Waals surface area contributed by atoms with Crippen molar-refractivity contribution in [3.05, 3.63) is 29.8 Å². The number of benzene rings is 1. The average Bonchev–Trinajstić information content (AvgIpc) is 2.05. The third kappa shape index (κ3) is 2.13. The van der Waals surface area contributed by atoms with Crippen molar-refractivity contribution < 1.29 is 9.46 Å². The van der Waals surface area contributed by atoms with E-state index in [-0.39, 0.29) is 0 Å². The molecule has 0 radical (unpaired) electrons. The highest BCUT2D eigenvalue weighted by atomic mass is 31.1. The predicted octanol–water partition coefficient (Wildman–Crippen LogP) is 2.00. The number of hydrogen-bond donors (Lipinski definition) is 1. The van der Waals surface area contributed by atoms with Crippen molar-refractivity contribution in [1.82, 2.24) is 0 Å². The Morgan fingerprint density at radius 1 is 1.42 bits per heavy atom. The number of hydrogen-bond acceptors (Lipinski definition) is 1. The zero-order valence-corrected chi connectivity index (χ0v) is 7.92. The van der Waals surface area contributed by atoms with E-state index in [4.69, 9.17) is 4.89 Å². The van der Waals surface area contributed by atoms with E-state index in [9.17, 15) is 4.57 Å². The van der Waals surface area contributed by atoms with Crippen LogP contribution in [-0.4, -0.2) is 4.89 Å². The molecule has 0 bridgehead atoms. The van der Waals surface area contributed by atoms with Crippen LogP contribution < -0.4 is 5.30 Å². The molecule has 0 aliphatic rings. The molecule has 1 aromatic rings. The molecule has 0 aliphatic carbocycles. The van der Waals surface area contributed by atoms with E-state index in [0.29, 0.717) is 5.30 Å². The standard InChI is InChI=1S/C9H11O2P/c1-2-5-8-6-3-4-7-9(8)12(10)11/h3-4,6-7H,2,5H2,1H3/p+1. The Hall–Kier alpha value is -0.720. The molecule has 2 nitrogen and oxygen atoms in total. The fourth-order valence-corrected chi connectivity index (χ4v) is 1.82. The molecule has 64 valence electrons. The summed E-state index contributed by atoms with van der Waals surface area (Å²) in [7, 11) is -2.18. The Labute approximate surface area is 73.1 Å². The van der Waals surface area contributed by atoms with Gasteiger partial charge in [-0.15, -0.1) is 0 Å². The van der Waals surface area contributed by atoms with Gasteiger partial charge in [0.1, 0.15) is 0 Å². The third-order valence-electron chi connectivity index (χ3n) is 1.72. The fraction of sp³-hybridized carbons (Fsp3) is 0.333. The highest BCUT2D eigenvalue weighted by Gasteiger charge is 2.19.